The predicted octanol–water partition coefficient (Wildman–Crippen LogP) is 2.14. The van der Waals surface area contributed by atoms with Crippen LogP contribution in [0.3, 0.4) is 0 Å². The maximum atomic E-state index is 4.49. The lowest BCUT2D eigenvalue weighted by molar-refractivity contribution is 0.567. The van der Waals surface area contributed by atoms with Gasteiger partial charge >= 0.3 is 0 Å². The van der Waals surface area contributed by atoms with Crippen LogP contribution in [0.2, 0.25) is 0 Å². The summed E-state index contributed by atoms with van der Waals surface area (Å²) < 4.78 is 3.91. The van der Waals surface area contributed by atoms with E-state index in [9.17, 15) is 0 Å². The first-order chi connectivity index (χ1) is 10.2. The summed E-state index contributed by atoms with van der Waals surface area (Å²) in [5.41, 5.74) is 1.25. The van der Waals surface area contributed by atoms with E-state index in [0.717, 1.165) is 18.8 Å². The van der Waals surface area contributed by atoms with Crippen molar-refractivity contribution < 1.29 is 0 Å². The van der Waals surface area contributed by atoms with Crippen LogP contribution < -0.4 is 5.32 Å². The molecule has 0 spiro atoms. The first-order valence-corrected chi connectivity index (χ1v) is 7.83. The normalized spacial score (nSPS) is 12.7. The molecule has 0 bridgehead atoms. The molecule has 0 aliphatic heterocycles. The summed E-state index contributed by atoms with van der Waals surface area (Å²) >= 11 is 1.76. The number of aryl methyl sites for hydroxylation is 2. The molecule has 1 unspecified atom stereocenters. The van der Waals surface area contributed by atoms with Crippen molar-refractivity contribution in [3.8, 4) is 0 Å². The Labute approximate surface area is 128 Å². The van der Waals surface area contributed by atoms with Crippen LogP contribution in [0.15, 0.2) is 42.3 Å². The highest BCUT2D eigenvalue weighted by atomic mass is 32.1. The number of nitrogens with one attached hydrogen (secondary N) is 1. The number of hydrogen-bond acceptors (Lipinski definition) is 4. The second-order valence-corrected chi connectivity index (χ2v) is 6.05. The molecule has 0 aromatic carbocycles. The maximum absolute atomic E-state index is 4.49. The molecular weight excluding hydrogens is 282 g/mol. The first kappa shape index (κ1) is 14.0. The standard InChI is InChI=1S/C15H19N5S/c1-19-8-7-17-15(19)14(13-4-3-9-21-13)16-6-5-12-10-18-20(2)11-12/h3-4,7-11,14,16H,5-6H2,1-2H3. The van der Waals surface area contributed by atoms with Gasteiger partial charge in [-0.3, -0.25) is 4.68 Å². The van der Waals surface area contributed by atoms with Crippen molar-refractivity contribution in [1.29, 1.82) is 0 Å². The molecule has 3 aromatic heterocycles. The number of hydrogen-bond donors (Lipinski definition) is 1. The van der Waals surface area contributed by atoms with Gasteiger partial charge in [0.15, 0.2) is 0 Å². The van der Waals surface area contributed by atoms with Crippen molar-refractivity contribution in [2.75, 3.05) is 6.54 Å². The third-order valence-corrected chi connectivity index (χ3v) is 4.40. The van der Waals surface area contributed by atoms with Crippen LogP contribution in [-0.2, 0) is 20.5 Å². The Morgan fingerprint density at radius 1 is 1.38 bits per heavy atom. The summed E-state index contributed by atoms with van der Waals surface area (Å²) in [5.74, 6) is 1.05. The molecule has 0 fully saturated rings. The predicted molar refractivity (Wildman–Crippen MR) is 84.3 cm³/mol. The minimum Gasteiger partial charge on any atom is -0.336 e. The Balaban J connectivity index is 1.70. The molecule has 3 rings (SSSR count). The molecule has 1 atom stereocenters. The fourth-order valence-electron chi connectivity index (χ4n) is 2.39. The van der Waals surface area contributed by atoms with Crippen LogP contribution in [0.5, 0.6) is 0 Å². The molecule has 0 radical (unpaired) electrons. The monoisotopic (exact) mass is 301 g/mol. The summed E-state index contributed by atoms with van der Waals surface area (Å²) in [6.07, 6.45) is 8.77. The number of imidazole rings is 1. The van der Waals surface area contributed by atoms with E-state index in [1.165, 1.54) is 10.4 Å². The minimum absolute atomic E-state index is 0.140. The van der Waals surface area contributed by atoms with Crippen molar-refractivity contribution in [1.82, 2.24) is 24.6 Å². The molecular formula is C15H19N5S. The van der Waals surface area contributed by atoms with Gasteiger partial charge in [0.2, 0.25) is 0 Å². The molecule has 21 heavy (non-hydrogen) atoms. The molecule has 0 saturated heterocycles. The highest BCUT2D eigenvalue weighted by Crippen LogP contribution is 2.24. The SMILES string of the molecule is Cn1cc(CCNC(c2cccs2)c2nccn2C)cn1. The van der Waals surface area contributed by atoms with Gasteiger partial charge in [0, 0.05) is 44.1 Å². The van der Waals surface area contributed by atoms with E-state index >= 15 is 0 Å². The first-order valence-electron chi connectivity index (χ1n) is 6.95. The van der Waals surface area contributed by atoms with E-state index in [1.807, 2.05) is 37.4 Å². The lowest BCUT2D eigenvalue weighted by Crippen LogP contribution is -2.26. The Morgan fingerprint density at radius 2 is 2.29 bits per heavy atom. The lowest BCUT2D eigenvalue weighted by atomic mass is 10.2. The Hall–Kier alpha value is -1.92. The molecule has 5 nitrogen and oxygen atoms in total. The molecule has 0 amide bonds. The number of rotatable bonds is 6. The van der Waals surface area contributed by atoms with Gasteiger partial charge in [0.25, 0.3) is 0 Å². The summed E-state index contributed by atoms with van der Waals surface area (Å²) in [4.78, 5) is 5.78. The largest absolute Gasteiger partial charge is 0.336 e. The van der Waals surface area contributed by atoms with Crippen LogP contribution in [0.25, 0.3) is 0 Å². The number of nitrogens with zero attached hydrogens (tertiary/aromatic N) is 4. The van der Waals surface area contributed by atoms with E-state index in [1.54, 1.807) is 11.3 Å². The minimum atomic E-state index is 0.140. The van der Waals surface area contributed by atoms with Crippen molar-refractivity contribution in [3.63, 3.8) is 0 Å². The zero-order valence-corrected chi connectivity index (χ0v) is 13.0. The highest BCUT2D eigenvalue weighted by Gasteiger charge is 2.18. The molecule has 3 aromatic rings. The third kappa shape index (κ3) is 3.22. The molecule has 6 heteroatoms. The van der Waals surface area contributed by atoms with Gasteiger partial charge in [-0.25, -0.2) is 4.98 Å². The van der Waals surface area contributed by atoms with Gasteiger partial charge in [-0.05, 0) is 23.4 Å². The molecule has 1 N–H and O–H groups in total. The highest BCUT2D eigenvalue weighted by molar-refractivity contribution is 7.10. The van der Waals surface area contributed by atoms with Gasteiger partial charge < -0.3 is 9.88 Å². The molecule has 0 saturated carbocycles. The summed E-state index contributed by atoms with van der Waals surface area (Å²) in [7, 11) is 3.98. The van der Waals surface area contributed by atoms with E-state index < -0.39 is 0 Å². The van der Waals surface area contributed by atoms with E-state index in [0.29, 0.717) is 0 Å². The fraction of sp³-hybridized carbons (Fsp3) is 0.333. The van der Waals surface area contributed by atoms with E-state index in [2.05, 4.69) is 43.7 Å². The second-order valence-electron chi connectivity index (χ2n) is 5.07. The lowest BCUT2D eigenvalue weighted by Gasteiger charge is -2.17. The Morgan fingerprint density at radius 3 is 2.90 bits per heavy atom. The van der Waals surface area contributed by atoms with Crippen molar-refractivity contribution >= 4 is 11.3 Å². The van der Waals surface area contributed by atoms with Gasteiger partial charge in [0.1, 0.15) is 11.9 Å². The summed E-state index contributed by atoms with van der Waals surface area (Å²) in [5, 5.41) is 9.92. The van der Waals surface area contributed by atoms with Crippen molar-refractivity contribution in [3.05, 3.63) is 58.6 Å². The Kier molecular flexibility index (Phi) is 4.17. The number of thiophene rings is 1. The van der Waals surface area contributed by atoms with Crippen LogP contribution in [-0.4, -0.2) is 25.9 Å². The third-order valence-electron chi connectivity index (χ3n) is 3.46. The van der Waals surface area contributed by atoms with Gasteiger partial charge in [-0.15, -0.1) is 11.3 Å². The van der Waals surface area contributed by atoms with Crippen LogP contribution in [0.1, 0.15) is 22.3 Å². The quantitative estimate of drug-likeness (QED) is 0.759. The van der Waals surface area contributed by atoms with Crippen molar-refractivity contribution in [2.24, 2.45) is 14.1 Å². The Bertz CT molecular complexity index is 683. The van der Waals surface area contributed by atoms with E-state index in [4.69, 9.17) is 0 Å². The summed E-state index contributed by atoms with van der Waals surface area (Å²) in [6, 6.07) is 4.38. The molecule has 0 aliphatic carbocycles. The fourth-order valence-corrected chi connectivity index (χ4v) is 3.19. The van der Waals surface area contributed by atoms with Gasteiger partial charge in [0.05, 0.1) is 6.20 Å². The topological polar surface area (TPSA) is 47.7 Å². The zero-order valence-electron chi connectivity index (χ0n) is 12.2. The van der Waals surface area contributed by atoms with Crippen LogP contribution in [0.4, 0.5) is 0 Å². The van der Waals surface area contributed by atoms with Gasteiger partial charge in [-0.1, -0.05) is 6.07 Å². The van der Waals surface area contributed by atoms with Crippen LogP contribution >= 0.6 is 11.3 Å². The molecule has 110 valence electrons. The smallest absolute Gasteiger partial charge is 0.131 e. The van der Waals surface area contributed by atoms with Gasteiger partial charge in [-0.2, -0.15) is 5.10 Å². The summed E-state index contributed by atoms with van der Waals surface area (Å²) in [6.45, 7) is 0.890. The molecule has 3 heterocycles. The van der Waals surface area contributed by atoms with Crippen LogP contribution in [0, 0.1) is 0 Å². The number of aromatic nitrogens is 4. The average molecular weight is 301 g/mol. The van der Waals surface area contributed by atoms with E-state index in [-0.39, 0.29) is 6.04 Å². The van der Waals surface area contributed by atoms with Crippen molar-refractivity contribution in [2.45, 2.75) is 12.5 Å². The average Bonchev–Trinajstić information content (AvgIpc) is 3.18. The maximum Gasteiger partial charge on any atom is 0.131 e. The molecule has 0 aliphatic rings. The second kappa shape index (κ2) is 6.24. The zero-order chi connectivity index (χ0) is 14.7.